The van der Waals surface area contributed by atoms with Crippen molar-refractivity contribution < 1.29 is 9.13 Å². The predicted octanol–water partition coefficient (Wildman–Crippen LogP) is 7.76. The van der Waals surface area contributed by atoms with Crippen molar-refractivity contribution in [3.63, 3.8) is 0 Å². The van der Waals surface area contributed by atoms with Crippen LogP contribution in [0.4, 0.5) is 4.39 Å². The molecular weight excluding hydrogens is 509 g/mol. The fourth-order valence-corrected chi connectivity index (χ4v) is 6.40. The average Bonchev–Trinajstić information content (AvgIpc) is 3.29. The normalized spacial score (nSPS) is 18.6. The van der Waals surface area contributed by atoms with Crippen LogP contribution in [0.25, 0.3) is 16.8 Å². The molecule has 2 aliphatic heterocycles. The maximum atomic E-state index is 12.6. The third-order valence-corrected chi connectivity index (χ3v) is 8.37. The minimum atomic E-state index is -0.256. The van der Waals surface area contributed by atoms with Crippen LogP contribution < -0.4 is 10.5 Å². The Morgan fingerprint density at radius 1 is 0.976 bits per heavy atom. The molecule has 1 saturated heterocycles. The van der Waals surface area contributed by atoms with Gasteiger partial charge in [0.15, 0.2) is 0 Å². The van der Waals surface area contributed by atoms with E-state index in [0.717, 1.165) is 62.3 Å². The SMILES string of the molecule is C.Cc1ccc(C2=C(c3ccc(OC4CCN(CCCF)C4)cc3)c3ccc(C4=CC(N)=N4)cc3CCC2)c(C)c1. The van der Waals surface area contributed by atoms with Gasteiger partial charge in [0.05, 0.1) is 12.4 Å². The number of rotatable bonds is 8. The number of ether oxygens (including phenoxy) is 1. The number of aliphatic imine (C=N–C) groups is 1. The highest BCUT2D eigenvalue weighted by Crippen LogP contribution is 2.42. The quantitative estimate of drug-likeness (QED) is 0.311. The van der Waals surface area contributed by atoms with E-state index in [1.165, 1.54) is 44.5 Å². The van der Waals surface area contributed by atoms with Crippen LogP contribution in [0, 0.1) is 13.8 Å². The summed E-state index contributed by atoms with van der Waals surface area (Å²) in [6, 6.07) is 22.2. The third kappa shape index (κ3) is 6.15. The monoisotopic (exact) mass is 551 g/mol. The van der Waals surface area contributed by atoms with E-state index in [2.05, 4.69) is 84.4 Å². The predicted molar refractivity (Wildman–Crippen MR) is 170 cm³/mol. The lowest BCUT2D eigenvalue weighted by atomic mass is 9.85. The van der Waals surface area contributed by atoms with Crippen LogP contribution in [0.5, 0.6) is 5.75 Å². The van der Waals surface area contributed by atoms with Gasteiger partial charge < -0.3 is 10.5 Å². The molecule has 0 aromatic heterocycles. The highest BCUT2D eigenvalue weighted by atomic mass is 19.1. The lowest BCUT2D eigenvalue weighted by Crippen LogP contribution is -2.26. The van der Waals surface area contributed by atoms with E-state index in [0.29, 0.717) is 12.3 Å². The maximum absolute atomic E-state index is 12.6. The van der Waals surface area contributed by atoms with Crippen LogP contribution in [0.15, 0.2) is 71.7 Å². The van der Waals surface area contributed by atoms with Gasteiger partial charge in [-0.15, -0.1) is 0 Å². The van der Waals surface area contributed by atoms with Crippen molar-refractivity contribution in [2.75, 3.05) is 26.3 Å². The maximum Gasteiger partial charge on any atom is 0.126 e. The van der Waals surface area contributed by atoms with Gasteiger partial charge in [-0.25, -0.2) is 4.99 Å². The van der Waals surface area contributed by atoms with Crippen molar-refractivity contribution in [3.05, 3.63) is 106 Å². The first-order valence-electron chi connectivity index (χ1n) is 14.5. The largest absolute Gasteiger partial charge is 0.489 e. The number of amidine groups is 1. The van der Waals surface area contributed by atoms with Crippen LogP contribution in [0.1, 0.15) is 72.1 Å². The van der Waals surface area contributed by atoms with Gasteiger partial charge in [-0.3, -0.25) is 9.29 Å². The minimum Gasteiger partial charge on any atom is -0.489 e. The fraction of sp³-hybridized carbons (Fsp3) is 0.361. The first-order valence-corrected chi connectivity index (χ1v) is 14.5. The molecule has 1 fully saturated rings. The molecule has 0 saturated carbocycles. The fourth-order valence-electron chi connectivity index (χ4n) is 6.40. The summed E-state index contributed by atoms with van der Waals surface area (Å²) >= 11 is 0. The van der Waals surface area contributed by atoms with Crippen LogP contribution in [-0.2, 0) is 6.42 Å². The van der Waals surface area contributed by atoms with Crippen molar-refractivity contribution in [2.45, 2.75) is 59.5 Å². The van der Waals surface area contributed by atoms with Crippen molar-refractivity contribution in [2.24, 2.45) is 10.7 Å². The summed E-state index contributed by atoms with van der Waals surface area (Å²) in [4.78, 5) is 6.71. The molecule has 2 N–H and O–H groups in total. The van der Waals surface area contributed by atoms with E-state index in [4.69, 9.17) is 10.5 Å². The lowest BCUT2D eigenvalue weighted by Gasteiger charge is -2.20. The average molecular weight is 552 g/mol. The smallest absolute Gasteiger partial charge is 0.126 e. The first-order chi connectivity index (χ1) is 19.5. The standard InChI is InChI=1S/C35H38FN3O.CH4/c1-23-7-13-30(24(2)19-23)32-6-3-5-26-20-27(33-21-34(37)38-33)10-14-31(26)35(32)25-8-11-28(12-9-25)40-29-15-18-39(22-29)17-4-16-36;/h7-14,19-21,29H,3-6,15-18,22H2,1-2H3,(H2,37,38);1H4. The topological polar surface area (TPSA) is 50.9 Å². The van der Waals surface area contributed by atoms with Crippen molar-refractivity contribution in [3.8, 4) is 5.75 Å². The Bertz CT molecular complexity index is 1500. The Balaban J connectivity index is 0.00000337. The zero-order valence-corrected chi connectivity index (χ0v) is 23.6. The number of halogens is 1. The molecule has 3 aromatic carbocycles. The van der Waals surface area contributed by atoms with Gasteiger partial charge in [0.25, 0.3) is 0 Å². The van der Waals surface area contributed by atoms with Gasteiger partial charge in [-0.2, -0.15) is 0 Å². The molecular formula is C36H42FN3O. The van der Waals surface area contributed by atoms with Gasteiger partial charge in [0.2, 0.25) is 0 Å². The van der Waals surface area contributed by atoms with Gasteiger partial charge in [-0.05, 0) is 103 Å². The van der Waals surface area contributed by atoms with E-state index in [1.54, 1.807) is 0 Å². The molecule has 5 heteroatoms. The highest BCUT2D eigenvalue weighted by Gasteiger charge is 2.25. The number of fused-ring (bicyclic) bond motifs is 1. The first kappa shape index (κ1) is 28.8. The summed E-state index contributed by atoms with van der Waals surface area (Å²) in [7, 11) is 0. The molecule has 1 unspecified atom stereocenters. The van der Waals surface area contributed by atoms with Gasteiger partial charge in [-0.1, -0.05) is 55.5 Å². The molecule has 3 aromatic rings. The van der Waals surface area contributed by atoms with E-state index in [-0.39, 0.29) is 20.2 Å². The van der Waals surface area contributed by atoms with Crippen molar-refractivity contribution in [1.82, 2.24) is 4.90 Å². The second kappa shape index (κ2) is 12.4. The number of hydrogen-bond acceptors (Lipinski definition) is 4. The van der Waals surface area contributed by atoms with E-state index >= 15 is 0 Å². The third-order valence-electron chi connectivity index (χ3n) is 8.37. The van der Waals surface area contributed by atoms with Gasteiger partial charge in [0, 0.05) is 31.3 Å². The van der Waals surface area contributed by atoms with Crippen molar-refractivity contribution >= 4 is 22.7 Å². The Morgan fingerprint density at radius 2 is 1.73 bits per heavy atom. The molecule has 0 radical (unpaired) electrons. The lowest BCUT2D eigenvalue weighted by molar-refractivity contribution is 0.198. The number of alkyl halides is 1. The molecule has 4 nitrogen and oxygen atoms in total. The molecule has 6 rings (SSSR count). The Morgan fingerprint density at radius 3 is 2.46 bits per heavy atom. The second-order valence-corrected chi connectivity index (χ2v) is 11.4. The number of nitrogens with two attached hydrogens (primary N) is 1. The summed E-state index contributed by atoms with van der Waals surface area (Å²) in [5, 5.41) is 0. The molecule has 0 bridgehead atoms. The Hall–Kier alpha value is -3.70. The molecule has 1 atom stereocenters. The van der Waals surface area contributed by atoms with Crippen LogP contribution in [-0.4, -0.2) is 43.1 Å². The second-order valence-electron chi connectivity index (χ2n) is 11.4. The molecule has 214 valence electrons. The van der Waals surface area contributed by atoms with Crippen molar-refractivity contribution in [1.29, 1.82) is 0 Å². The molecule has 0 spiro atoms. The number of hydrogen-bond donors (Lipinski definition) is 1. The zero-order chi connectivity index (χ0) is 27.6. The summed E-state index contributed by atoms with van der Waals surface area (Å²) in [6.07, 6.45) is 6.82. The number of aryl methyl sites for hydroxylation is 3. The molecule has 2 heterocycles. The number of likely N-dealkylation sites (tertiary alicyclic amines) is 1. The van der Waals surface area contributed by atoms with E-state index in [1.807, 2.05) is 6.08 Å². The number of allylic oxidation sites excluding steroid dienone is 1. The van der Waals surface area contributed by atoms with Crippen LogP contribution in [0.2, 0.25) is 0 Å². The number of benzene rings is 3. The minimum absolute atomic E-state index is 0. The number of nitrogens with zero attached hydrogens (tertiary/aromatic N) is 2. The summed E-state index contributed by atoms with van der Waals surface area (Å²) in [5.41, 5.74) is 18.4. The summed E-state index contributed by atoms with van der Waals surface area (Å²) in [6.45, 7) is 6.78. The molecule has 0 amide bonds. The van der Waals surface area contributed by atoms with Gasteiger partial charge >= 0.3 is 0 Å². The van der Waals surface area contributed by atoms with E-state index in [9.17, 15) is 4.39 Å². The highest BCUT2D eigenvalue weighted by molar-refractivity contribution is 6.08. The zero-order valence-electron chi connectivity index (χ0n) is 23.6. The summed E-state index contributed by atoms with van der Waals surface area (Å²) < 4.78 is 18.9. The molecule has 3 aliphatic rings. The van der Waals surface area contributed by atoms with Crippen LogP contribution in [0.3, 0.4) is 0 Å². The van der Waals surface area contributed by atoms with E-state index < -0.39 is 0 Å². The summed E-state index contributed by atoms with van der Waals surface area (Å²) in [5.74, 6) is 1.49. The Kier molecular flexibility index (Phi) is 8.74. The molecule has 41 heavy (non-hydrogen) atoms. The van der Waals surface area contributed by atoms with Crippen LogP contribution >= 0.6 is 0 Å². The van der Waals surface area contributed by atoms with Gasteiger partial charge in [0.1, 0.15) is 17.7 Å². The molecule has 1 aliphatic carbocycles. The Labute approximate surface area is 244 Å².